The number of pyridine rings is 1. The molecule has 0 saturated carbocycles. The first-order valence-electron chi connectivity index (χ1n) is 8.79. The second-order valence-corrected chi connectivity index (χ2v) is 6.15. The highest BCUT2D eigenvalue weighted by Crippen LogP contribution is 2.18. The Balaban J connectivity index is 0.00000338. The average Bonchev–Trinajstić information content (AvgIpc) is 2.66. The van der Waals surface area contributed by atoms with E-state index in [1.165, 1.54) is 5.56 Å². The number of nitrogens with zero attached hydrogens (tertiary/aromatic N) is 2. The topological polar surface area (TPSA) is 69.5 Å². The van der Waals surface area contributed by atoms with Crippen LogP contribution in [0.2, 0.25) is 0 Å². The van der Waals surface area contributed by atoms with Crippen LogP contribution >= 0.6 is 24.0 Å². The van der Waals surface area contributed by atoms with E-state index in [4.69, 9.17) is 0 Å². The fourth-order valence-electron chi connectivity index (χ4n) is 2.57. The standard InChI is InChI=1S/C20H28N4O.HI/c1-4-22-20(23-14-19(25)18-10-12-21-13-11-18)24-16(3)15(2)17-8-6-5-7-9-17;/h5-13,15-16,19,25H,4,14H2,1-3H3,(H2,22,23,24);1H. The maximum absolute atomic E-state index is 10.3. The minimum absolute atomic E-state index is 0. The molecule has 0 aliphatic heterocycles. The summed E-state index contributed by atoms with van der Waals surface area (Å²) in [6, 6.07) is 14.2. The lowest BCUT2D eigenvalue weighted by Crippen LogP contribution is -2.44. The van der Waals surface area contributed by atoms with E-state index < -0.39 is 6.10 Å². The fraction of sp³-hybridized carbons (Fsp3) is 0.400. The Hall–Kier alpha value is -1.67. The van der Waals surface area contributed by atoms with Crippen LogP contribution in [-0.2, 0) is 0 Å². The molecule has 0 aliphatic carbocycles. The zero-order valence-corrected chi connectivity index (χ0v) is 17.9. The van der Waals surface area contributed by atoms with Gasteiger partial charge in [0.25, 0.3) is 0 Å². The summed E-state index contributed by atoms with van der Waals surface area (Å²) in [5, 5.41) is 16.9. The number of rotatable bonds is 7. The molecule has 0 spiro atoms. The Morgan fingerprint density at radius 3 is 2.35 bits per heavy atom. The largest absolute Gasteiger partial charge is 0.386 e. The minimum Gasteiger partial charge on any atom is -0.386 e. The van der Waals surface area contributed by atoms with Crippen molar-refractivity contribution in [1.82, 2.24) is 15.6 Å². The molecule has 6 heteroatoms. The SMILES string of the molecule is CCNC(=NCC(O)c1ccncc1)NC(C)C(C)c1ccccc1.I. The van der Waals surface area contributed by atoms with Gasteiger partial charge in [-0.3, -0.25) is 9.98 Å². The first kappa shape index (κ1) is 22.4. The van der Waals surface area contributed by atoms with Crippen molar-refractivity contribution in [2.45, 2.75) is 38.8 Å². The molecule has 0 saturated heterocycles. The number of benzene rings is 1. The summed E-state index contributed by atoms with van der Waals surface area (Å²) in [6.07, 6.45) is 2.71. The number of guanidine groups is 1. The van der Waals surface area contributed by atoms with Crippen LogP contribution in [0.4, 0.5) is 0 Å². The summed E-state index contributed by atoms with van der Waals surface area (Å²) in [7, 11) is 0. The third kappa shape index (κ3) is 6.92. The molecule has 3 unspecified atom stereocenters. The van der Waals surface area contributed by atoms with Crippen LogP contribution in [0.15, 0.2) is 59.9 Å². The lowest BCUT2D eigenvalue weighted by Gasteiger charge is -2.24. The molecule has 3 atom stereocenters. The Bertz CT molecular complexity index is 651. The van der Waals surface area contributed by atoms with E-state index in [2.05, 4.69) is 58.7 Å². The van der Waals surface area contributed by atoms with E-state index in [0.29, 0.717) is 18.4 Å². The molecule has 0 amide bonds. The smallest absolute Gasteiger partial charge is 0.191 e. The van der Waals surface area contributed by atoms with Crippen molar-refractivity contribution in [3.05, 3.63) is 66.0 Å². The molecule has 26 heavy (non-hydrogen) atoms. The summed E-state index contributed by atoms with van der Waals surface area (Å²) in [6.45, 7) is 7.43. The van der Waals surface area contributed by atoms with Gasteiger partial charge in [0, 0.05) is 30.9 Å². The van der Waals surface area contributed by atoms with E-state index in [-0.39, 0.29) is 30.0 Å². The minimum atomic E-state index is -0.639. The molecule has 142 valence electrons. The van der Waals surface area contributed by atoms with Gasteiger partial charge in [-0.25, -0.2) is 0 Å². The predicted molar refractivity (Wildman–Crippen MR) is 118 cm³/mol. The van der Waals surface area contributed by atoms with Gasteiger partial charge in [0.15, 0.2) is 5.96 Å². The quantitative estimate of drug-likeness (QED) is 0.331. The zero-order chi connectivity index (χ0) is 18.1. The van der Waals surface area contributed by atoms with Crippen LogP contribution in [0.25, 0.3) is 0 Å². The van der Waals surface area contributed by atoms with E-state index >= 15 is 0 Å². The van der Waals surface area contributed by atoms with Crippen LogP contribution in [0.5, 0.6) is 0 Å². The second-order valence-electron chi connectivity index (χ2n) is 6.15. The number of hydrogen-bond acceptors (Lipinski definition) is 3. The Morgan fingerprint density at radius 1 is 1.08 bits per heavy atom. The fourth-order valence-corrected chi connectivity index (χ4v) is 2.57. The van der Waals surface area contributed by atoms with Gasteiger partial charge >= 0.3 is 0 Å². The van der Waals surface area contributed by atoms with Crippen molar-refractivity contribution < 1.29 is 5.11 Å². The number of nitrogens with one attached hydrogen (secondary N) is 2. The van der Waals surface area contributed by atoms with Crippen molar-refractivity contribution in [2.75, 3.05) is 13.1 Å². The summed E-state index contributed by atoms with van der Waals surface area (Å²) >= 11 is 0. The molecule has 0 aliphatic rings. The number of aliphatic hydroxyl groups is 1. The monoisotopic (exact) mass is 468 g/mol. The summed E-state index contributed by atoms with van der Waals surface area (Å²) in [5.41, 5.74) is 2.11. The van der Waals surface area contributed by atoms with Crippen molar-refractivity contribution >= 4 is 29.9 Å². The lowest BCUT2D eigenvalue weighted by atomic mass is 9.94. The average molecular weight is 468 g/mol. The van der Waals surface area contributed by atoms with Crippen LogP contribution in [-0.4, -0.2) is 35.2 Å². The second kappa shape index (κ2) is 11.9. The predicted octanol–water partition coefficient (Wildman–Crippen LogP) is 3.48. The van der Waals surface area contributed by atoms with Crippen LogP contribution in [0.3, 0.4) is 0 Å². The summed E-state index contributed by atoms with van der Waals surface area (Å²) < 4.78 is 0. The van der Waals surface area contributed by atoms with Crippen molar-refractivity contribution in [1.29, 1.82) is 0 Å². The molecule has 2 aromatic rings. The van der Waals surface area contributed by atoms with Gasteiger partial charge in [0.2, 0.25) is 0 Å². The molecule has 3 N–H and O–H groups in total. The Kier molecular flexibility index (Phi) is 10.2. The van der Waals surface area contributed by atoms with E-state index in [0.717, 1.165) is 12.1 Å². The molecule has 2 rings (SSSR count). The molecular formula is C20H29IN4O. The lowest BCUT2D eigenvalue weighted by molar-refractivity contribution is 0.187. The first-order chi connectivity index (χ1) is 12.1. The number of aliphatic imine (C=N–C) groups is 1. The molecule has 0 radical (unpaired) electrons. The number of aromatic nitrogens is 1. The zero-order valence-electron chi connectivity index (χ0n) is 15.6. The molecule has 5 nitrogen and oxygen atoms in total. The van der Waals surface area contributed by atoms with E-state index in [1.807, 2.05) is 13.0 Å². The molecule has 1 heterocycles. The van der Waals surface area contributed by atoms with E-state index in [1.54, 1.807) is 24.5 Å². The Morgan fingerprint density at radius 2 is 1.73 bits per heavy atom. The van der Waals surface area contributed by atoms with Gasteiger partial charge in [-0.2, -0.15) is 0 Å². The van der Waals surface area contributed by atoms with Crippen molar-refractivity contribution in [3.8, 4) is 0 Å². The van der Waals surface area contributed by atoms with Crippen LogP contribution < -0.4 is 10.6 Å². The van der Waals surface area contributed by atoms with Crippen LogP contribution in [0.1, 0.15) is 43.9 Å². The van der Waals surface area contributed by atoms with Gasteiger partial charge in [-0.1, -0.05) is 37.3 Å². The highest BCUT2D eigenvalue weighted by molar-refractivity contribution is 14.0. The molecular weight excluding hydrogens is 439 g/mol. The molecule has 1 aromatic carbocycles. The normalized spacial score (nSPS) is 14.7. The summed E-state index contributed by atoms with van der Waals surface area (Å²) in [5.74, 6) is 1.06. The highest BCUT2D eigenvalue weighted by atomic mass is 127. The van der Waals surface area contributed by atoms with Crippen molar-refractivity contribution in [3.63, 3.8) is 0 Å². The number of aliphatic hydroxyl groups excluding tert-OH is 1. The third-order valence-corrected chi connectivity index (χ3v) is 4.30. The molecule has 0 fully saturated rings. The Labute approximate surface area is 173 Å². The van der Waals surface area contributed by atoms with Gasteiger partial charge in [0.1, 0.15) is 0 Å². The van der Waals surface area contributed by atoms with Gasteiger partial charge in [0.05, 0.1) is 12.6 Å². The highest BCUT2D eigenvalue weighted by Gasteiger charge is 2.15. The first-order valence-corrected chi connectivity index (χ1v) is 8.79. The third-order valence-electron chi connectivity index (χ3n) is 4.30. The van der Waals surface area contributed by atoms with Crippen LogP contribution in [0, 0.1) is 0 Å². The van der Waals surface area contributed by atoms with Gasteiger partial charge < -0.3 is 15.7 Å². The summed E-state index contributed by atoms with van der Waals surface area (Å²) in [4.78, 5) is 8.50. The maximum Gasteiger partial charge on any atom is 0.191 e. The molecule has 0 bridgehead atoms. The van der Waals surface area contributed by atoms with Crippen molar-refractivity contribution in [2.24, 2.45) is 4.99 Å². The maximum atomic E-state index is 10.3. The number of hydrogen-bond donors (Lipinski definition) is 3. The van der Waals surface area contributed by atoms with Gasteiger partial charge in [-0.15, -0.1) is 24.0 Å². The van der Waals surface area contributed by atoms with E-state index in [9.17, 15) is 5.11 Å². The van der Waals surface area contributed by atoms with Gasteiger partial charge in [-0.05, 0) is 37.1 Å². The number of halogens is 1. The molecule has 1 aromatic heterocycles.